The first kappa shape index (κ1) is 30.2. The summed E-state index contributed by atoms with van der Waals surface area (Å²) >= 11 is 0. The second kappa shape index (κ2) is 15.7. The van der Waals surface area contributed by atoms with Crippen molar-refractivity contribution in [3.05, 3.63) is 212 Å². The zero-order chi connectivity index (χ0) is 51.6. The number of ether oxygens (including phenoxy) is 1. The van der Waals surface area contributed by atoms with Crippen LogP contribution in [0.5, 0.6) is 11.5 Å². The lowest BCUT2D eigenvalue weighted by Crippen LogP contribution is -3.00. The van der Waals surface area contributed by atoms with Crippen molar-refractivity contribution >= 4 is 54.8 Å². The minimum atomic E-state index is -0.562. The molecule has 0 atom stereocenters. The maximum Gasteiger partial charge on any atom is 0.255 e. The smallest absolute Gasteiger partial charge is 0.255 e. The quantitative estimate of drug-likeness (QED) is 0.150. The highest BCUT2D eigenvalue weighted by Crippen LogP contribution is 2.42. The number of rotatable bonds is 7. The fraction of sp³-hybridized carbons (Fsp3) is 0.0690. The number of benzene rings is 8. The number of pyridine rings is 1. The van der Waals surface area contributed by atoms with Gasteiger partial charge in [-0.1, -0.05) is 136 Å². The Morgan fingerprint density at radius 1 is 0.615 bits per heavy atom. The molecule has 12 rings (SSSR count). The second-order valence-corrected chi connectivity index (χ2v) is 16.7. The molecule has 0 saturated carbocycles. The van der Waals surface area contributed by atoms with E-state index in [1.807, 2.05) is 95.7 Å². The van der Waals surface area contributed by atoms with Gasteiger partial charge in [0.25, 0.3) is 6.33 Å². The molecule has 4 heterocycles. The molecule has 0 radical (unpaired) electrons. The van der Waals surface area contributed by atoms with Gasteiger partial charge < -0.3 is 21.6 Å². The van der Waals surface area contributed by atoms with E-state index >= 15 is 0 Å². The Bertz CT molecular complexity index is 4220. The lowest BCUT2D eigenvalue weighted by molar-refractivity contribution is -0.566. The van der Waals surface area contributed by atoms with Gasteiger partial charge in [0.1, 0.15) is 39.9 Å². The number of fused-ring (bicyclic) bond motifs is 8. The zero-order valence-corrected chi connectivity index (χ0v) is 36.1. The summed E-state index contributed by atoms with van der Waals surface area (Å²) in [5.41, 5.74) is 6.73. The molecule has 4 aromatic heterocycles. The SMILES string of the molecule is [2H]c1c([2H])c([2H])c(-c2cccc(-c3c([2H])c([2H])c([2H])c([2H])c3[2H])c2-[n+]2cn(-c3cccc(Oc4ccc5c6c7oc8ccccc8c7ccc6n(-c6cc(C(C)(C)C)ccn6)c5c4)c3)c3ccccc32)c([2H])c1[2H].[Cl-]. The van der Waals surface area contributed by atoms with Crippen molar-refractivity contribution in [1.82, 2.24) is 14.1 Å². The number of para-hydroxylation sites is 4. The molecule has 65 heavy (non-hydrogen) atoms. The molecule has 0 fully saturated rings. The topological polar surface area (TPSA) is 49.0 Å². The van der Waals surface area contributed by atoms with E-state index in [0.29, 0.717) is 28.2 Å². The molecule has 0 aliphatic rings. The first-order valence-corrected chi connectivity index (χ1v) is 20.9. The molecule has 12 aromatic rings. The average Bonchev–Trinajstić information content (AvgIpc) is 4.09. The lowest BCUT2D eigenvalue weighted by Gasteiger charge is -2.20. The van der Waals surface area contributed by atoms with Crippen LogP contribution < -0.4 is 21.7 Å². The summed E-state index contributed by atoms with van der Waals surface area (Å²) in [7, 11) is 0. The van der Waals surface area contributed by atoms with Crippen LogP contribution in [0.25, 0.3) is 94.2 Å². The van der Waals surface area contributed by atoms with Crippen LogP contribution in [-0.2, 0) is 5.41 Å². The first-order chi connectivity index (χ1) is 35.5. The third-order valence-electron chi connectivity index (χ3n) is 11.9. The van der Waals surface area contributed by atoms with Crippen LogP contribution in [0.1, 0.15) is 40.0 Å². The van der Waals surface area contributed by atoms with E-state index < -0.39 is 60.4 Å². The summed E-state index contributed by atoms with van der Waals surface area (Å²) in [6.07, 6.45) is 3.62. The van der Waals surface area contributed by atoms with E-state index in [-0.39, 0.29) is 45.8 Å². The summed E-state index contributed by atoms with van der Waals surface area (Å²) in [6, 6.07) is 37.2. The minimum Gasteiger partial charge on any atom is -1.00 e. The largest absolute Gasteiger partial charge is 1.00 e. The molecular formula is C58H43ClN4O2. The van der Waals surface area contributed by atoms with Gasteiger partial charge in [-0.2, -0.15) is 9.13 Å². The van der Waals surface area contributed by atoms with Gasteiger partial charge in [0, 0.05) is 45.6 Å². The van der Waals surface area contributed by atoms with Gasteiger partial charge in [0.2, 0.25) is 0 Å². The monoisotopic (exact) mass is 872 g/mol. The van der Waals surface area contributed by atoms with Crippen molar-refractivity contribution in [2.45, 2.75) is 26.2 Å². The molecule has 0 aliphatic heterocycles. The molecule has 8 aromatic carbocycles. The zero-order valence-electron chi connectivity index (χ0n) is 45.3. The van der Waals surface area contributed by atoms with Crippen molar-refractivity contribution in [3.63, 3.8) is 0 Å². The first-order valence-electron chi connectivity index (χ1n) is 25.9. The van der Waals surface area contributed by atoms with Crippen LogP contribution >= 0.6 is 0 Å². The molecular weight excluding hydrogens is 820 g/mol. The summed E-state index contributed by atoms with van der Waals surface area (Å²) in [5.74, 6) is 1.83. The highest BCUT2D eigenvalue weighted by molar-refractivity contribution is 6.24. The summed E-state index contributed by atoms with van der Waals surface area (Å²) in [4.78, 5) is 4.91. The van der Waals surface area contributed by atoms with Gasteiger partial charge in [0.15, 0.2) is 11.0 Å². The Kier molecular flexibility index (Phi) is 7.30. The van der Waals surface area contributed by atoms with Crippen molar-refractivity contribution in [2.75, 3.05) is 0 Å². The number of imidazole rings is 1. The van der Waals surface area contributed by atoms with Crippen LogP contribution in [0.2, 0.25) is 0 Å². The number of hydrogen-bond acceptors (Lipinski definition) is 3. The predicted octanol–water partition coefficient (Wildman–Crippen LogP) is 11.7. The van der Waals surface area contributed by atoms with E-state index in [2.05, 4.69) is 55.7 Å². The summed E-state index contributed by atoms with van der Waals surface area (Å²) in [6.45, 7) is 6.53. The Morgan fingerprint density at radius 3 is 2.08 bits per heavy atom. The second-order valence-electron chi connectivity index (χ2n) is 16.7. The maximum atomic E-state index is 9.05. The van der Waals surface area contributed by atoms with E-state index in [4.69, 9.17) is 27.8 Å². The fourth-order valence-electron chi connectivity index (χ4n) is 8.88. The van der Waals surface area contributed by atoms with Crippen LogP contribution in [0, 0.1) is 0 Å². The van der Waals surface area contributed by atoms with Crippen molar-refractivity contribution in [2.24, 2.45) is 0 Å². The Morgan fingerprint density at radius 2 is 1.31 bits per heavy atom. The Balaban J connectivity index is 0.00000602. The van der Waals surface area contributed by atoms with Crippen LogP contribution in [0.15, 0.2) is 211 Å². The predicted molar refractivity (Wildman–Crippen MR) is 260 cm³/mol. The van der Waals surface area contributed by atoms with Gasteiger partial charge >= 0.3 is 0 Å². The van der Waals surface area contributed by atoms with Gasteiger partial charge in [-0.15, -0.1) is 0 Å². The van der Waals surface area contributed by atoms with E-state index in [1.165, 1.54) is 0 Å². The molecule has 0 bridgehead atoms. The fourth-order valence-corrected chi connectivity index (χ4v) is 8.88. The van der Waals surface area contributed by atoms with E-state index in [0.717, 1.165) is 55.1 Å². The van der Waals surface area contributed by atoms with Crippen molar-refractivity contribution < 1.29 is 39.8 Å². The molecule has 0 saturated heterocycles. The molecule has 0 amide bonds. The molecule has 0 N–H and O–H groups in total. The number of nitrogens with zero attached hydrogens (tertiary/aromatic N) is 4. The van der Waals surface area contributed by atoms with E-state index in [9.17, 15) is 0 Å². The lowest BCUT2D eigenvalue weighted by atomic mass is 9.88. The highest BCUT2D eigenvalue weighted by atomic mass is 35.5. The molecule has 6 nitrogen and oxygen atoms in total. The molecule has 314 valence electrons. The number of furan rings is 1. The van der Waals surface area contributed by atoms with Crippen molar-refractivity contribution in [3.8, 4) is 50.9 Å². The Hall–Kier alpha value is -7.93. The normalized spacial score (nSPS) is 14.0. The van der Waals surface area contributed by atoms with Gasteiger partial charge in [-0.05, 0) is 88.8 Å². The molecule has 0 unspecified atom stereocenters. The van der Waals surface area contributed by atoms with Gasteiger partial charge in [-0.3, -0.25) is 4.57 Å². The number of hydrogen-bond donors (Lipinski definition) is 0. The number of aromatic nitrogens is 4. The highest BCUT2D eigenvalue weighted by Gasteiger charge is 2.26. The summed E-state index contributed by atoms with van der Waals surface area (Å²) in [5, 5.41) is 3.97. The standard InChI is InChI=1S/C58H43N4O2.ClH/c1-58(2,3)40-32-33-59-54(34-40)62-51-31-30-47-46-22-10-13-27-53(46)64-57(47)55(51)48-29-28-43(36-52(48)62)63-42-21-14-20-41(35-42)60-37-61(50-26-12-11-25-49(50)60)56-44(38-16-6-4-7-17-38)23-15-24-45(56)39-18-8-5-9-19-39;/h4-37H,1-3H3;1H/q+1;/p-1/i4D,5D,6D,7D,8D,9D,16D,17D,18D,19D;. The molecule has 0 aliphatic carbocycles. The van der Waals surface area contributed by atoms with Crippen LogP contribution in [0.3, 0.4) is 0 Å². The van der Waals surface area contributed by atoms with Crippen molar-refractivity contribution in [1.29, 1.82) is 0 Å². The van der Waals surface area contributed by atoms with Gasteiger partial charge in [0.05, 0.1) is 30.1 Å². The van der Waals surface area contributed by atoms with Crippen LogP contribution in [-0.4, -0.2) is 14.1 Å². The number of halogens is 1. The van der Waals surface area contributed by atoms with Crippen LogP contribution in [0.4, 0.5) is 0 Å². The maximum absolute atomic E-state index is 9.05. The van der Waals surface area contributed by atoms with E-state index in [1.54, 1.807) is 29.1 Å². The van der Waals surface area contributed by atoms with Gasteiger partial charge in [-0.25, -0.2) is 4.98 Å². The molecule has 0 spiro atoms. The summed E-state index contributed by atoms with van der Waals surface area (Å²) < 4.78 is 106. The third-order valence-corrected chi connectivity index (χ3v) is 11.9. The Labute approximate surface area is 396 Å². The average molecular weight is 874 g/mol. The third kappa shape index (κ3) is 6.73. The molecule has 7 heteroatoms. The minimum absolute atomic E-state index is 0.